The molecule has 7 nitrogen and oxygen atoms in total. The van der Waals surface area contributed by atoms with Gasteiger partial charge in [-0.15, -0.1) is 0 Å². The molecule has 1 amide bonds. The van der Waals surface area contributed by atoms with E-state index in [9.17, 15) is 14.3 Å². The first-order valence-electron chi connectivity index (χ1n) is 8.28. The van der Waals surface area contributed by atoms with Crippen LogP contribution in [0.3, 0.4) is 0 Å². The average molecular weight is 367 g/mol. The van der Waals surface area contributed by atoms with Gasteiger partial charge in [-0.25, -0.2) is 8.91 Å². The zero-order valence-corrected chi connectivity index (χ0v) is 14.8. The van der Waals surface area contributed by atoms with Gasteiger partial charge in [-0.3, -0.25) is 9.78 Å². The fourth-order valence-corrected chi connectivity index (χ4v) is 2.47. The number of nitriles is 1. The zero-order chi connectivity index (χ0) is 19.6. The van der Waals surface area contributed by atoms with Gasteiger partial charge in [0.15, 0.2) is 0 Å². The second kappa shape index (κ2) is 7.13. The molecule has 0 aliphatic heterocycles. The normalized spacial score (nSPS) is 12.6. The van der Waals surface area contributed by atoms with Crippen molar-refractivity contribution < 1.29 is 14.3 Å². The van der Waals surface area contributed by atoms with Crippen LogP contribution in [-0.4, -0.2) is 43.9 Å². The molecule has 0 saturated carbocycles. The number of nitrogens with zero attached hydrogens (tertiary/aromatic N) is 4. The van der Waals surface area contributed by atoms with Gasteiger partial charge in [-0.2, -0.15) is 10.4 Å². The van der Waals surface area contributed by atoms with Crippen molar-refractivity contribution in [1.82, 2.24) is 19.9 Å². The third-order valence-corrected chi connectivity index (χ3v) is 4.13. The third kappa shape index (κ3) is 3.93. The molecule has 0 radical (unpaired) electrons. The van der Waals surface area contributed by atoms with Crippen LogP contribution in [0.25, 0.3) is 16.9 Å². The lowest BCUT2D eigenvalue weighted by molar-refractivity contribution is -0.00178. The van der Waals surface area contributed by atoms with Gasteiger partial charge in [0.1, 0.15) is 12.2 Å². The molecule has 0 aromatic carbocycles. The van der Waals surface area contributed by atoms with Crippen LogP contribution in [0.15, 0.2) is 42.7 Å². The standard InChI is InChI=1S/C19H18FN5O2/c1-19(2,27)17(20)11-23-18(26)13-3-5-15(22-10-13)16-6-4-14-7-12(8-21)9-24-25(14)16/h3-7,9-10,17,27H,11H2,1-2H3,(H,23,26). The Balaban J connectivity index is 1.76. The Bertz CT molecular complexity index is 1020. The Morgan fingerprint density at radius 2 is 2.15 bits per heavy atom. The van der Waals surface area contributed by atoms with Gasteiger partial charge < -0.3 is 10.4 Å². The summed E-state index contributed by atoms with van der Waals surface area (Å²) in [6, 6.07) is 10.6. The number of aliphatic hydroxyl groups is 1. The zero-order valence-electron chi connectivity index (χ0n) is 14.8. The molecule has 0 bridgehead atoms. The average Bonchev–Trinajstić information content (AvgIpc) is 3.08. The summed E-state index contributed by atoms with van der Waals surface area (Å²) in [4.78, 5) is 16.4. The number of carbonyl (C=O) groups is 1. The molecule has 2 N–H and O–H groups in total. The Hall–Kier alpha value is -3.31. The van der Waals surface area contributed by atoms with Crippen molar-refractivity contribution in [3.63, 3.8) is 0 Å². The highest BCUT2D eigenvalue weighted by Crippen LogP contribution is 2.20. The Morgan fingerprint density at radius 3 is 2.78 bits per heavy atom. The minimum Gasteiger partial charge on any atom is -0.387 e. The lowest BCUT2D eigenvalue weighted by Crippen LogP contribution is -2.42. The van der Waals surface area contributed by atoms with Crippen LogP contribution in [0.2, 0.25) is 0 Å². The molecule has 8 heteroatoms. The summed E-state index contributed by atoms with van der Waals surface area (Å²) in [7, 11) is 0. The minimum absolute atomic E-state index is 0.280. The summed E-state index contributed by atoms with van der Waals surface area (Å²) in [6.45, 7) is 2.39. The molecule has 3 heterocycles. The predicted octanol–water partition coefficient (Wildman–Crippen LogP) is 2.11. The molecule has 3 aromatic rings. The second-order valence-electron chi connectivity index (χ2n) is 6.67. The number of nitrogens with one attached hydrogen (secondary N) is 1. The lowest BCUT2D eigenvalue weighted by atomic mass is 10.0. The fourth-order valence-electron chi connectivity index (χ4n) is 2.47. The van der Waals surface area contributed by atoms with E-state index in [0.29, 0.717) is 17.0 Å². The van der Waals surface area contributed by atoms with Crippen molar-refractivity contribution in [2.24, 2.45) is 0 Å². The smallest absolute Gasteiger partial charge is 0.252 e. The van der Waals surface area contributed by atoms with E-state index in [1.165, 1.54) is 26.2 Å². The molecule has 138 valence electrons. The van der Waals surface area contributed by atoms with E-state index in [1.807, 2.05) is 18.2 Å². The molecular formula is C19H18FN5O2. The summed E-state index contributed by atoms with van der Waals surface area (Å²) >= 11 is 0. The van der Waals surface area contributed by atoms with Gasteiger partial charge in [0, 0.05) is 6.20 Å². The maximum atomic E-state index is 13.7. The van der Waals surface area contributed by atoms with Crippen molar-refractivity contribution in [1.29, 1.82) is 5.26 Å². The number of halogens is 1. The van der Waals surface area contributed by atoms with Gasteiger partial charge in [-0.1, -0.05) is 0 Å². The SMILES string of the molecule is CC(C)(O)C(F)CNC(=O)c1ccc(-c2ccc3cc(C#N)cnn23)nc1. The number of rotatable bonds is 5. The molecule has 0 fully saturated rings. The number of pyridine rings is 1. The minimum atomic E-state index is -1.58. The molecule has 27 heavy (non-hydrogen) atoms. The summed E-state index contributed by atoms with van der Waals surface area (Å²) in [5.74, 6) is -0.474. The predicted molar refractivity (Wildman–Crippen MR) is 96.7 cm³/mol. The summed E-state index contributed by atoms with van der Waals surface area (Å²) in [5, 5.41) is 25.2. The second-order valence-corrected chi connectivity index (χ2v) is 6.67. The van der Waals surface area contributed by atoms with Gasteiger partial charge in [-0.05, 0) is 44.2 Å². The summed E-state index contributed by atoms with van der Waals surface area (Å²) in [6.07, 6.45) is 1.28. The van der Waals surface area contributed by atoms with Crippen LogP contribution < -0.4 is 5.32 Å². The van der Waals surface area contributed by atoms with E-state index in [2.05, 4.69) is 15.4 Å². The van der Waals surface area contributed by atoms with E-state index >= 15 is 0 Å². The molecule has 3 aromatic heterocycles. The van der Waals surface area contributed by atoms with E-state index < -0.39 is 17.7 Å². The molecule has 0 aliphatic rings. The van der Waals surface area contributed by atoms with Gasteiger partial charge in [0.25, 0.3) is 5.91 Å². The molecular weight excluding hydrogens is 349 g/mol. The van der Waals surface area contributed by atoms with E-state index in [-0.39, 0.29) is 12.1 Å². The topological polar surface area (TPSA) is 103 Å². The highest BCUT2D eigenvalue weighted by molar-refractivity contribution is 5.94. The number of carbonyl (C=O) groups excluding carboxylic acids is 1. The number of amides is 1. The van der Waals surface area contributed by atoms with Gasteiger partial charge in [0.2, 0.25) is 0 Å². The van der Waals surface area contributed by atoms with Gasteiger partial charge in [0.05, 0.1) is 46.4 Å². The van der Waals surface area contributed by atoms with Crippen LogP contribution in [0, 0.1) is 11.3 Å². The van der Waals surface area contributed by atoms with E-state index in [1.54, 1.807) is 22.7 Å². The highest BCUT2D eigenvalue weighted by Gasteiger charge is 2.26. The van der Waals surface area contributed by atoms with Crippen LogP contribution in [-0.2, 0) is 0 Å². The van der Waals surface area contributed by atoms with Gasteiger partial charge >= 0.3 is 0 Å². The van der Waals surface area contributed by atoms with Crippen molar-refractivity contribution in [2.75, 3.05) is 6.54 Å². The maximum Gasteiger partial charge on any atom is 0.252 e. The summed E-state index contributed by atoms with van der Waals surface area (Å²) in [5.41, 5.74) is 1.29. The molecule has 3 rings (SSSR count). The van der Waals surface area contributed by atoms with Crippen molar-refractivity contribution >= 4 is 11.4 Å². The van der Waals surface area contributed by atoms with Crippen molar-refractivity contribution in [2.45, 2.75) is 25.6 Å². The molecule has 1 atom stereocenters. The molecule has 0 aliphatic carbocycles. The number of hydrogen-bond acceptors (Lipinski definition) is 5. The first kappa shape index (κ1) is 18.5. The lowest BCUT2D eigenvalue weighted by Gasteiger charge is -2.22. The van der Waals surface area contributed by atoms with E-state index in [0.717, 1.165) is 5.52 Å². The number of alkyl halides is 1. The number of hydrogen-bond donors (Lipinski definition) is 2. The largest absolute Gasteiger partial charge is 0.387 e. The fraction of sp³-hybridized carbons (Fsp3) is 0.263. The monoisotopic (exact) mass is 367 g/mol. The highest BCUT2D eigenvalue weighted by atomic mass is 19.1. The number of aromatic nitrogens is 3. The number of fused-ring (bicyclic) bond motifs is 1. The Kier molecular flexibility index (Phi) is 4.88. The molecule has 1 unspecified atom stereocenters. The quantitative estimate of drug-likeness (QED) is 0.719. The van der Waals surface area contributed by atoms with Crippen molar-refractivity contribution in [3.05, 3.63) is 53.9 Å². The van der Waals surface area contributed by atoms with Crippen LogP contribution in [0.5, 0.6) is 0 Å². The van der Waals surface area contributed by atoms with Crippen LogP contribution in [0.1, 0.15) is 29.8 Å². The Morgan fingerprint density at radius 1 is 1.37 bits per heavy atom. The first-order chi connectivity index (χ1) is 12.8. The van der Waals surface area contributed by atoms with Crippen LogP contribution in [0.4, 0.5) is 4.39 Å². The molecule has 0 saturated heterocycles. The third-order valence-electron chi connectivity index (χ3n) is 4.13. The van der Waals surface area contributed by atoms with Crippen LogP contribution >= 0.6 is 0 Å². The van der Waals surface area contributed by atoms with Crippen molar-refractivity contribution in [3.8, 4) is 17.5 Å². The Labute approximate surface area is 155 Å². The molecule has 0 spiro atoms. The summed E-state index contributed by atoms with van der Waals surface area (Å²) < 4.78 is 15.4. The maximum absolute atomic E-state index is 13.7. The van der Waals surface area contributed by atoms with E-state index in [4.69, 9.17) is 5.26 Å². The first-order valence-corrected chi connectivity index (χ1v) is 8.28.